The smallest absolute Gasteiger partial charge is 0.145 e. The van der Waals surface area contributed by atoms with Crippen LogP contribution in [0.25, 0.3) is 0 Å². The molecule has 0 aliphatic heterocycles. The Morgan fingerprint density at radius 3 is 2.84 bits per heavy atom. The van der Waals surface area contributed by atoms with Crippen molar-refractivity contribution in [2.75, 3.05) is 12.4 Å². The van der Waals surface area contributed by atoms with Crippen molar-refractivity contribution >= 4 is 33.3 Å². The van der Waals surface area contributed by atoms with E-state index >= 15 is 0 Å². The molecule has 1 N–H and O–H groups in total. The number of anilines is 1. The molecular formula is C14H14BrClN2O. The van der Waals surface area contributed by atoms with E-state index in [0.29, 0.717) is 24.0 Å². The minimum Gasteiger partial charge on any atom is -0.380 e. The number of methoxy groups -OCH3 is 1. The topological polar surface area (TPSA) is 34.1 Å². The Hall–Kier alpha value is -1.10. The first-order valence-electron chi connectivity index (χ1n) is 5.80. The van der Waals surface area contributed by atoms with Crippen molar-refractivity contribution in [3.05, 3.63) is 57.2 Å². The summed E-state index contributed by atoms with van der Waals surface area (Å²) in [6, 6.07) is 10.0. The molecule has 5 heteroatoms. The Morgan fingerprint density at radius 1 is 1.32 bits per heavy atom. The van der Waals surface area contributed by atoms with Gasteiger partial charge in [0.25, 0.3) is 0 Å². The molecule has 0 amide bonds. The van der Waals surface area contributed by atoms with Gasteiger partial charge in [-0.25, -0.2) is 4.98 Å². The van der Waals surface area contributed by atoms with Crippen LogP contribution >= 0.6 is 27.5 Å². The van der Waals surface area contributed by atoms with E-state index in [4.69, 9.17) is 16.3 Å². The Kier molecular flexibility index (Phi) is 5.19. The molecule has 1 aromatic carbocycles. The van der Waals surface area contributed by atoms with Gasteiger partial charge >= 0.3 is 0 Å². The van der Waals surface area contributed by atoms with Crippen LogP contribution in [-0.4, -0.2) is 12.1 Å². The fourth-order valence-electron chi connectivity index (χ4n) is 1.73. The number of halogens is 2. The summed E-state index contributed by atoms with van der Waals surface area (Å²) in [7, 11) is 1.69. The van der Waals surface area contributed by atoms with Gasteiger partial charge in [-0.2, -0.15) is 0 Å². The molecule has 2 aromatic rings. The summed E-state index contributed by atoms with van der Waals surface area (Å²) in [6.45, 7) is 1.29. The highest BCUT2D eigenvalue weighted by atomic mass is 79.9. The van der Waals surface area contributed by atoms with Gasteiger partial charge in [-0.3, -0.25) is 0 Å². The number of aromatic nitrogens is 1. The van der Waals surface area contributed by atoms with E-state index in [9.17, 15) is 0 Å². The molecule has 0 saturated heterocycles. The van der Waals surface area contributed by atoms with Gasteiger partial charge in [0.15, 0.2) is 0 Å². The van der Waals surface area contributed by atoms with Crippen LogP contribution in [0, 0.1) is 0 Å². The molecule has 1 aromatic heterocycles. The molecule has 0 atom stereocenters. The number of hydrogen-bond donors (Lipinski definition) is 1. The molecular weight excluding hydrogens is 328 g/mol. The summed E-state index contributed by atoms with van der Waals surface area (Å²) in [5, 5.41) is 3.82. The van der Waals surface area contributed by atoms with Crippen molar-refractivity contribution in [1.82, 2.24) is 4.98 Å². The second-order valence-electron chi connectivity index (χ2n) is 4.09. The van der Waals surface area contributed by atoms with E-state index in [0.717, 1.165) is 15.6 Å². The van der Waals surface area contributed by atoms with Gasteiger partial charge in [0.05, 0.1) is 11.6 Å². The van der Waals surface area contributed by atoms with Gasteiger partial charge in [0.1, 0.15) is 5.82 Å². The van der Waals surface area contributed by atoms with Gasteiger partial charge in [0.2, 0.25) is 0 Å². The van der Waals surface area contributed by atoms with E-state index in [2.05, 4.69) is 38.4 Å². The zero-order valence-corrected chi connectivity index (χ0v) is 12.8. The van der Waals surface area contributed by atoms with Crippen molar-refractivity contribution in [3.8, 4) is 0 Å². The molecule has 100 valence electrons. The van der Waals surface area contributed by atoms with Crippen molar-refractivity contribution in [2.45, 2.75) is 13.2 Å². The number of nitrogens with one attached hydrogen (secondary N) is 1. The van der Waals surface area contributed by atoms with Crippen molar-refractivity contribution < 1.29 is 4.74 Å². The summed E-state index contributed by atoms with van der Waals surface area (Å²) >= 11 is 9.43. The minimum absolute atomic E-state index is 0.599. The van der Waals surface area contributed by atoms with Crippen molar-refractivity contribution in [2.24, 2.45) is 0 Å². The predicted octanol–water partition coefficient (Wildman–Crippen LogP) is 4.26. The standard InChI is InChI=1S/C14H14BrClN2O/c1-19-9-11-4-2-3-10(5-11)7-17-14-13(16)6-12(15)8-18-14/h2-6,8H,7,9H2,1H3,(H,17,18). The first-order valence-corrected chi connectivity index (χ1v) is 6.98. The molecule has 0 spiro atoms. The molecule has 0 bridgehead atoms. The molecule has 2 rings (SSSR count). The van der Waals surface area contributed by atoms with Crippen LogP contribution in [0.1, 0.15) is 11.1 Å². The Labute approximate surface area is 126 Å². The van der Waals surface area contributed by atoms with Crippen LogP contribution < -0.4 is 5.32 Å². The second-order valence-corrected chi connectivity index (χ2v) is 5.41. The molecule has 0 aliphatic rings. The van der Waals surface area contributed by atoms with Gasteiger partial charge in [-0.1, -0.05) is 35.9 Å². The number of hydrogen-bond acceptors (Lipinski definition) is 3. The average Bonchev–Trinajstić information content (AvgIpc) is 2.38. The van der Waals surface area contributed by atoms with Crippen LogP contribution in [-0.2, 0) is 17.9 Å². The van der Waals surface area contributed by atoms with E-state index in [1.807, 2.05) is 18.2 Å². The van der Waals surface area contributed by atoms with Crippen LogP contribution in [0.2, 0.25) is 5.02 Å². The number of ether oxygens (including phenoxy) is 1. The van der Waals surface area contributed by atoms with Crippen molar-refractivity contribution in [3.63, 3.8) is 0 Å². The maximum atomic E-state index is 6.10. The fourth-order valence-corrected chi connectivity index (χ4v) is 2.42. The molecule has 0 saturated carbocycles. The lowest BCUT2D eigenvalue weighted by atomic mass is 10.1. The third-order valence-corrected chi connectivity index (χ3v) is 3.29. The lowest BCUT2D eigenvalue weighted by Crippen LogP contribution is -2.02. The zero-order chi connectivity index (χ0) is 13.7. The van der Waals surface area contributed by atoms with Gasteiger partial charge < -0.3 is 10.1 Å². The summed E-state index contributed by atoms with van der Waals surface area (Å²) < 4.78 is 5.98. The Morgan fingerprint density at radius 2 is 2.11 bits per heavy atom. The summed E-state index contributed by atoms with van der Waals surface area (Å²) in [4.78, 5) is 4.24. The third-order valence-electron chi connectivity index (χ3n) is 2.57. The SMILES string of the molecule is COCc1cccc(CNc2ncc(Br)cc2Cl)c1. The third kappa shape index (κ3) is 4.20. The average molecular weight is 342 g/mol. The van der Waals surface area contributed by atoms with E-state index in [1.54, 1.807) is 13.3 Å². The van der Waals surface area contributed by atoms with Crippen LogP contribution in [0.5, 0.6) is 0 Å². The first kappa shape index (κ1) is 14.3. The minimum atomic E-state index is 0.599. The summed E-state index contributed by atoms with van der Waals surface area (Å²) in [5.41, 5.74) is 2.31. The largest absolute Gasteiger partial charge is 0.380 e. The van der Waals surface area contributed by atoms with Crippen LogP contribution in [0.3, 0.4) is 0 Å². The maximum Gasteiger partial charge on any atom is 0.145 e. The number of rotatable bonds is 5. The monoisotopic (exact) mass is 340 g/mol. The van der Waals surface area contributed by atoms with Crippen LogP contribution in [0.15, 0.2) is 41.0 Å². The van der Waals surface area contributed by atoms with Crippen molar-refractivity contribution in [1.29, 1.82) is 0 Å². The summed E-state index contributed by atoms with van der Waals surface area (Å²) in [6.07, 6.45) is 1.72. The lowest BCUT2D eigenvalue weighted by Gasteiger charge is -2.09. The lowest BCUT2D eigenvalue weighted by molar-refractivity contribution is 0.185. The maximum absolute atomic E-state index is 6.10. The van der Waals surface area contributed by atoms with E-state index in [1.165, 1.54) is 0 Å². The number of benzene rings is 1. The van der Waals surface area contributed by atoms with Gasteiger partial charge in [-0.05, 0) is 33.1 Å². The second kappa shape index (κ2) is 6.89. The fraction of sp³-hybridized carbons (Fsp3) is 0.214. The quantitative estimate of drug-likeness (QED) is 0.882. The Bertz CT molecular complexity index is 563. The first-order chi connectivity index (χ1) is 9.19. The molecule has 19 heavy (non-hydrogen) atoms. The van der Waals surface area contributed by atoms with Gasteiger partial charge in [-0.15, -0.1) is 0 Å². The molecule has 3 nitrogen and oxygen atoms in total. The van der Waals surface area contributed by atoms with Gasteiger partial charge in [0, 0.05) is 24.3 Å². The van der Waals surface area contributed by atoms with Crippen LogP contribution in [0.4, 0.5) is 5.82 Å². The van der Waals surface area contributed by atoms with E-state index in [-0.39, 0.29) is 0 Å². The number of pyridine rings is 1. The molecule has 0 aliphatic carbocycles. The normalized spacial score (nSPS) is 10.5. The molecule has 1 heterocycles. The zero-order valence-electron chi connectivity index (χ0n) is 10.5. The van der Waals surface area contributed by atoms with E-state index < -0.39 is 0 Å². The number of nitrogens with zero attached hydrogens (tertiary/aromatic N) is 1. The highest BCUT2D eigenvalue weighted by molar-refractivity contribution is 9.10. The highest BCUT2D eigenvalue weighted by Crippen LogP contribution is 2.23. The molecule has 0 fully saturated rings. The Balaban J connectivity index is 2.03. The summed E-state index contributed by atoms with van der Waals surface area (Å²) in [5.74, 6) is 0.682. The molecule has 0 radical (unpaired) electrons. The predicted molar refractivity (Wildman–Crippen MR) is 81.4 cm³/mol. The highest BCUT2D eigenvalue weighted by Gasteiger charge is 2.03. The molecule has 0 unspecified atom stereocenters.